The van der Waals surface area contributed by atoms with Crippen molar-refractivity contribution in [3.63, 3.8) is 0 Å². The fraction of sp³-hybridized carbons (Fsp3) is 0.867. The van der Waals surface area contributed by atoms with E-state index in [1.807, 2.05) is 13.8 Å². The smallest absolute Gasteiger partial charge is 0.0109 e. The van der Waals surface area contributed by atoms with Gasteiger partial charge in [-0.3, -0.25) is 0 Å². The van der Waals surface area contributed by atoms with Crippen molar-refractivity contribution < 1.29 is 0 Å². The second-order valence-electron chi connectivity index (χ2n) is 4.89. The van der Waals surface area contributed by atoms with Crippen molar-refractivity contribution in [1.29, 1.82) is 0 Å². The summed E-state index contributed by atoms with van der Waals surface area (Å²) in [4.78, 5) is 0. The van der Waals surface area contributed by atoms with Gasteiger partial charge < -0.3 is 0 Å². The molecular weight excluding hydrogens is 180 g/mol. The van der Waals surface area contributed by atoms with Crippen LogP contribution >= 0.6 is 0 Å². The van der Waals surface area contributed by atoms with E-state index in [2.05, 4.69) is 13.5 Å². The molecule has 2 atom stereocenters. The second kappa shape index (κ2) is 6.35. The van der Waals surface area contributed by atoms with Gasteiger partial charge in [-0.15, -0.1) is 0 Å². The monoisotopic (exact) mass is 208 g/mol. The average Bonchev–Trinajstić information content (AvgIpc) is 2.94. The summed E-state index contributed by atoms with van der Waals surface area (Å²) in [5.41, 5.74) is 1.59. The van der Waals surface area contributed by atoms with Crippen LogP contribution in [0.2, 0.25) is 0 Å². The third kappa shape index (κ3) is 3.09. The largest absolute Gasteiger partial charge is 0.0992 e. The summed E-state index contributed by atoms with van der Waals surface area (Å²) >= 11 is 0. The van der Waals surface area contributed by atoms with Crippen LogP contribution in [-0.4, -0.2) is 0 Å². The van der Waals surface area contributed by atoms with Crippen LogP contribution in [0.15, 0.2) is 12.2 Å². The van der Waals surface area contributed by atoms with Crippen molar-refractivity contribution in [2.24, 2.45) is 17.8 Å². The topological polar surface area (TPSA) is 0 Å². The lowest BCUT2D eigenvalue weighted by Crippen LogP contribution is -2.09. The highest BCUT2D eigenvalue weighted by atomic mass is 14.5. The van der Waals surface area contributed by atoms with Gasteiger partial charge >= 0.3 is 0 Å². The fourth-order valence-electron chi connectivity index (χ4n) is 3.20. The van der Waals surface area contributed by atoms with Crippen molar-refractivity contribution in [1.82, 2.24) is 0 Å². The summed E-state index contributed by atoms with van der Waals surface area (Å²) < 4.78 is 0. The summed E-state index contributed by atoms with van der Waals surface area (Å²) in [5, 5.41) is 0. The number of rotatable bonds is 3. The highest BCUT2D eigenvalue weighted by Gasteiger charge is 2.45. The molecule has 2 aliphatic rings. The maximum atomic E-state index is 4.22. The molecule has 0 aromatic carbocycles. The summed E-state index contributed by atoms with van der Waals surface area (Å²) in [6.45, 7) is 10.5. The molecule has 0 aromatic rings. The molecule has 2 rings (SSSR count). The van der Waals surface area contributed by atoms with E-state index in [9.17, 15) is 0 Å². The Morgan fingerprint density at radius 3 is 2.27 bits per heavy atom. The van der Waals surface area contributed by atoms with E-state index in [0.29, 0.717) is 0 Å². The minimum atomic E-state index is 0.924. The van der Waals surface area contributed by atoms with E-state index in [-0.39, 0.29) is 0 Å². The van der Waals surface area contributed by atoms with Crippen LogP contribution in [0.3, 0.4) is 0 Å². The van der Waals surface area contributed by atoms with E-state index >= 15 is 0 Å². The van der Waals surface area contributed by atoms with Gasteiger partial charge in [-0.05, 0) is 37.0 Å². The van der Waals surface area contributed by atoms with Gasteiger partial charge in [0.05, 0.1) is 0 Å². The molecule has 0 N–H and O–H groups in total. The highest BCUT2D eigenvalue weighted by molar-refractivity contribution is 5.27. The Hall–Kier alpha value is -0.260. The van der Waals surface area contributed by atoms with Crippen molar-refractivity contribution in [2.75, 3.05) is 0 Å². The first-order valence-corrected chi connectivity index (χ1v) is 7.03. The molecule has 0 bridgehead atoms. The highest BCUT2D eigenvalue weighted by Crippen LogP contribution is 2.55. The SMILES string of the molecule is C=C1C(CCC)C1C1CCCCC1.CC. The van der Waals surface area contributed by atoms with Crippen LogP contribution < -0.4 is 0 Å². The molecule has 0 saturated heterocycles. The molecule has 2 aliphatic carbocycles. The third-order valence-corrected chi connectivity index (χ3v) is 3.99. The fourth-order valence-corrected chi connectivity index (χ4v) is 3.20. The molecule has 0 spiro atoms. The lowest BCUT2D eigenvalue weighted by atomic mass is 9.84. The maximum absolute atomic E-state index is 4.22. The standard InChI is InChI=1S/C13H22.C2H6/c1-3-7-12-10(2)13(12)11-8-5-4-6-9-11;1-2/h11-13H,2-9H2,1H3;1-2H3. The zero-order valence-electron chi connectivity index (χ0n) is 10.9. The lowest BCUT2D eigenvalue weighted by Gasteiger charge is -2.21. The molecule has 2 unspecified atom stereocenters. The summed E-state index contributed by atoms with van der Waals surface area (Å²) in [6, 6.07) is 0. The Morgan fingerprint density at radius 2 is 1.73 bits per heavy atom. The van der Waals surface area contributed by atoms with Gasteiger partial charge in [-0.25, -0.2) is 0 Å². The predicted molar refractivity (Wildman–Crippen MR) is 69.0 cm³/mol. The molecule has 0 nitrogen and oxygen atoms in total. The molecule has 0 aliphatic heterocycles. The first-order chi connectivity index (χ1) is 7.34. The molecule has 0 heteroatoms. The van der Waals surface area contributed by atoms with Crippen LogP contribution in [-0.2, 0) is 0 Å². The zero-order valence-corrected chi connectivity index (χ0v) is 10.9. The zero-order chi connectivity index (χ0) is 11.3. The molecule has 2 fully saturated rings. The predicted octanol–water partition coefficient (Wildman–Crippen LogP) is 5.20. The maximum Gasteiger partial charge on any atom is -0.0109 e. The van der Waals surface area contributed by atoms with E-state index < -0.39 is 0 Å². The van der Waals surface area contributed by atoms with Crippen LogP contribution in [0.5, 0.6) is 0 Å². The Bertz CT molecular complexity index is 186. The van der Waals surface area contributed by atoms with E-state index in [4.69, 9.17) is 0 Å². The van der Waals surface area contributed by atoms with Gasteiger partial charge in [0.1, 0.15) is 0 Å². The molecule has 88 valence electrons. The lowest BCUT2D eigenvalue weighted by molar-refractivity contribution is 0.311. The number of allylic oxidation sites excluding steroid dienone is 1. The summed E-state index contributed by atoms with van der Waals surface area (Å²) in [5.74, 6) is 2.89. The quantitative estimate of drug-likeness (QED) is 0.559. The van der Waals surface area contributed by atoms with Gasteiger partial charge in [0.15, 0.2) is 0 Å². The van der Waals surface area contributed by atoms with Crippen LogP contribution in [0, 0.1) is 17.8 Å². The Morgan fingerprint density at radius 1 is 1.13 bits per heavy atom. The first kappa shape index (κ1) is 12.8. The van der Waals surface area contributed by atoms with Crippen molar-refractivity contribution >= 4 is 0 Å². The Labute approximate surface area is 96.2 Å². The average molecular weight is 208 g/mol. The minimum Gasteiger partial charge on any atom is -0.0992 e. The van der Waals surface area contributed by atoms with E-state index in [0.717, 1.165) is 17.8 Å². The Balaban J connectivity index is 0.000000531. The van der Waals surface area contributed by atoms with E-state index in [1.54, 1.807) is 5.57 Å². The van der Waals surface area contributed by atoms with Crippen molar-refractivity contribution in [3.05, 3.63) is 12.2 Å². The molecule has 15 heavy (non-hydrogen) atoms. The van der Waals surface area contributed by atoms with Crippen LogP contribution in [0.4, 0.5) is 0 Å². The van der Waals surface area contributed by atoms with Gasteiger partial charge in [-0.2, -0.15) is 0 Å². The molecular formula is C15H28. The molecule has 0 heterocycles. The Kier molecular flexibility index (Phi) is 5.42. The van der Waals surface area contributed by atoms with Gasteiger partial charge in [0, 0.05) is 0 Å². The van der Waals surface area contributed by atoms with Gasteiger partial charge in [-0.1, -0.05) is 58.6 Å². The third-order valence-electron chi connectivity index (χ3n) is 3.99. The van der Waals surface area contributed by atoms with E-state index in [1.165, 1.54) is 44.9 Å². The molecule has 0 aromatic heterocycles. The minimum absolute atomic E-state index is 0.924. The van der Waals surface area contributed by atoms with Gasteiger partial charge in [0.25, 0.3) is 0 Å². The molecule has 0 radical (unpaired) electrons. The number of hydrogen-bond donors (Lipinski definition) is 0. The van der Waals surface area contributed by atoms with Crippen LogP contribution in [0.25, 0.3) is 0 Å². The summed E-state index contributed by atoms with van der Waals surface area (Å²) in [7, 11) is 0. The van der Waals surface area contributed by atoms with Crippen molar-refractivity contribution in [3.8, 4) is 0 Å². The molecule has 0 amide bonds. The summed E-state index contributed by atoms with van der Waals surface area (Å²) in [6.07, 6.45) is 10.2. The van der Waals surface area contributed by atoms with Crippen molar-refractivity contribution in [2.45, 2.75) is 65.7 Å². The molecule has 2 saturated carbocycles. The normalized spacial score (nSPS) is 30.7. The van der Waals surface area contributed by atoms with Crippen LogP contribution in [0.1, 0.15) is 65.7 Å². The first-order valence-electron chi connectivity index (χ1n) is 7.03. The van der Waals surface area contributed by atoms with Gasteiger partial charge in [0.2, 0.25) is 0 Å². The second-order valence-corrected chi connectivity index (χ2v) is 4.89. The number of hydrogen-bond acceptors (Lipinski definition) is 0.